The smallest absolute Gasteiger partial charge is 0.318 e. The lowest BCUT2D eigenvalue weighted by molar-refractivity contribution is 0.142. The number of benzene rings is 2. The first-order valence-corrected chi connectivity index (χ1v) is 10.7. The maximum Gasteiger partial charge on any atom is 0.318 e. The summed E-state index contributed by atoms with van der Waals surface area (Å²) >= 11 is 0. The molecule has 2 heterocycles. The van der Waals surface area contributed by atoms with Gasteiger partial charge in [-0.05, 0) is 55.0 Å². The van der Waals surface area contributed by atoms with Crippen molar-refractivity contribution >= 4 is 17.1 Å². The second kappa shape index (κ2) is 8.78. The Kier molecular flexibility index (Phi) is 5.93. The molecular formula is C24H30N4O2. The number of hydrogen-bond donors (Lipinski definition) is 2. The van der Waals surface area contributed by atoms with Crippen LogP contribution in [-0.2, 0) is 0 Å². The van der Waals surface area contributed by atoms with Gasteiger partial charge in [0, 0.05) is 6.54 Å². The number of ether oxygens (including phenoxy) is 1. The average molecular weight is 407 g/mol. The van der Waals surface area contributed by atoms with Crippen molar-refractivity contribution in [1.82, 2.24) is 20.2 Å². The van der Waals surface area contributed by atoms with Crippen LogP contribution in [-0.4, -0.2) is 34.6 Å². The summed E-state index contributed by atoms with van der Waals surface area (Å²) in [6.07, 6.45) is 3.03. The van der Waals surface area contributed by atoms with Gasteiger partial charge in [0.1, 0.15) is 11.6 Å². The van der Waals surface area contributed by atoms with Gasteiger partial charge in [-0.1, -0.05) is 38.1 Å². The van der Waals surface area contributed by atoms with Gasteiger partial charge in [0.15, 0.2) is 0 Å². The molecule has 4 rings (SSSR count). The molecule has 2 amide bonds. The van der Waals surface area contributed by atoms with Crippen molar-refractivity contribution in [3.63, 3.8) is 0 Å². The Labute approximate surface area is 177 Å². The van der Waals surface area contributed by atoms with Crippen molar-refractivity contribution in [1.29, 1.82) is 0 Å². The van der Waals surface area contributed by atoms with Crippen molar-refractivity contribution < 1.29 is 9.53 Å². The van der Waals surface area contributed by atoms with Gasteiger partial charge in [0.2, 0.25) is 0 Å². The van der Waals surface area contributed by atoms with E-state index in [1.54, 1.807) is 7.11 Å². The molecule has 6 nitrogen and oxygen atoms in total. The molecule has 2 atom stereocenters. The van der Waals surface area contributed by atoms with Gasteiger partial charge in [0.05, 0.1) is 30.2 Å². The Bertz CT molecular complexity index is 963. The number of urea groups is 1. The molecule has 1 aliphatic heterocycles. The van der Waals surface area contributed by atoms with Crippen LogP contribution in [0, 0.1) is 5.92 Å². The predicted molar refractivity (Wildman–Crippen MR) is 118 cm³/mol. The number of carbonyl (C=O) groups excluding carboxylic acids is 1. The van der Waals surface area contributed by atoms with Gasteiger partial charge in [0.25, 0.3) is 0 Å². The van der Waals surface area contributed by atoms with E-state index in [2.05, 4.69) is 24.1 Å². The van der Waals surface area contributed by atoms with Gasteiger partial charge < -0.3 is 19.9 Å². The lowest BCUT2D eigenvalue weighted by Gasteiger charge is -2.36. The van der Waals surface area contributed by atoms with E-state index in [1.807, 2.05) is 53.4 Å². The number of fused-ring (bicyclic) bond motifs is 1. The quantitative estimate of drug-likeness (QED) is 0.611. The van der Waals surface area contributed by atoms with Crippen molar-refractivity contribution in [2.45, 2.75) is 45.2 Å². The Morgan fingerprint density at radius 2 is 1.93 bits per heavy atom. The summed E-state index contributed by atoms with van der Waals surface area (Å²) in [6.45, 7) is 4.99. The molecule has 0 radical (unpaired) electrons. The normalized spacial score (nSPS) is 17.9. The van der Waals surface area contributed by atoms with Gasteiger partial charge in [-0.25, -0.2) is 9.78 Å². The monoisotopic (exact) mass is 406 g/mol. The van der Waals surface area contributed by atoms with E-state index in [4.69, 9.17) is 9.72 Å². The molecule has 1 saturated heterocycles. The zero-order valence-corrected chi connectivity index (χ0v) is 17.9. The fourth-order valence-electron chi connectivity index (χ4n) is 4.25. The minimum Gasteiger partial charge on any atom is -0.497 e. The highest BCUT2D eigenvalue weighted by Gasteiger charge is 2.32. The first-order chi connectivity index (χ1) is 14.6. The molecule has 0 aliphatic carbocycles. The minimum absolute atomic E-state index is 0.0326. The molecule has 0 bridgehead atoms. The summed E-state index contributed by atoms with van der Waals surface area (Å²) in [5.74, 6) is 1.95. The number of nitrogens with zero attached hydrogens (tertiary/aromatic N) is 2. The van der Waals surface area contributed by atoms with Crippen molar-refractivity contribution in [3.8, 4) is 5.75 Å². The first kappa shape index (κ1) is 20.3. The second-order valence-corrected chi connectivity index (χ2v) is 8.29. The van der Waals surface area contributed by atoms with Crippen LogP contribution in [0.15, 0.2) is 48.5 Å². The largest absolute Gasteiger partial charge is 0.497 e. The van der Waals surface area contributed by atoms with Gasteiger partial charge in [-0.15, -0.1) is 0 Å². The SMILES string of the molecule is COc1ccc([C@@H](NC(=O)N2CCCC[C@@H]2c2nc3ccccc3[nH]2)C(C)C)cc1. The summed E-state index contributed by atoms with van der Waals surface area (Å²) in [7, 11) is 1.66. The van der Waals surface area contributed by atoms with E-state index >= 15 is 0 Å². The van der Waals surface area contributed by atoms with Crippen LogP contribution in [0.4, 0.5) is 4.79 Å². The molecule has 1 aliphatic rings. The van der Waals surface area contributed by atoms with E-state index in [0.29, 0.717) is 0 Å². The highest BCUT2D eigenvalue weighted by atomic mass is 16.5. The summed E-state index contributed by atoms with van der Waals surface area (Å²) in [5, 5.41) is 3.28. The van der Waals surface area contributed by atoms with Crippen LogP contribution >= 0.6 is 0 Å². The third-order valence-electron chi connectivity index (χ3n) is 5.91. The number of methoxy groups -OCH3 is 1. The number of imidazole rings is 1. The number of para-hydroxylation sites is 2. The summed E-state index contributed by atoms with van der Waals surface area (Å²) in [4.78, 5) is 23.5. The molecular weight excluding hydrogens is 376 g/mol. The van der Waals surface area contributed by atoms with E-state index < -0.39 is 0 Å². The molecule has 1 fully saturated rings. The maximum absolute atomic E-state index is 13.4. The van der Waals surface area contributed by atoms with Gasteiger partial charge in [-0.2, -0.15) is 0 Å². The zero-order chi connectivity index (χ0) is 21.1. The molecule has 6 heteroatoms. The van der Waals surface area contributed by atoms with Crippen LogP contribution in [0.5, 0.6) is 5.75 Å². The molecule has 30 heavy (non-hydrogen) atoms. The fraction of sp³-hybridized carbons (Fsp3) is 0.417. The standard InChI is InChI=1S/C24H30N4O2/c1-16(2)22(17-11-13-18(30-3)14-12-17)27-24(29)28-15-7-6-10-21(28)23-25-19-8-4-5-9-20(19)26-23/h4-5,8-9,11-14,16,21-22H,6-7,10,15H2,1-3H3,(H,25,26)(H,27,29)/t21-,22+/m1/s1. The number of aromatic amines is 1. The third-order valence-corrected chi connectivity index (χ3v) is 5.91. The number of H-pyrrole nitrogens is 1. The zero-order valence-electron chi connectivity index (χ0n) is 17.9. The van der Waals surface area contributed by atoms with Crippen molar-refractivity contribution in [2.75, 3.05) is 13.7 Å². The van der Waals surface area contributed by atoms with Crippen molar-refractivity contribution in [3.05, 3.63) is 59.9 Å². The van der Waals surface area contributed by atoms with E-state index in [0.717, 1.165) is 54.0 Å². The maximum atomic E-state index is 13.4. The first-order valence-electron chi connectivity index (χ1n) is 10.7. The van der Waals surface area contributed by atoms with Crippen LogP contribution in [0.3, 0.4) is 0 Å². The average Bonchev–Trinajstić information content (AvgIpc) is 3.21. The van der Waals surface area contributed by atoms with E-state index in [9.17, 15) is 4.79 Å². The third kappa shape index (κ3) is 4.13. The van der Waals surface area contributed by atoms with Crippen LogP contribution < -0.4 is 10.1 Å². The molecule has 2 N–H and O–H groups in total. The van der Waals surface area contributed by atoms with Crippen molar-refractivity contribution in [2.24, 2.45) is 5.92 Å². The number of aromatic nitrogens is 2. The number of rotatable bonds is 5. The molecule has 2 aromatic carbocycles. The Morgan fingerprint density at radius 1 is 1.17 bits per heavy atom. The van der Waals surface area contributed by atoms with Gasteiger partial charge >= 0.3 is 6.03 Å². The summed E-state index contributed by atoms with van der Waals surface area (Å²) < 4.78 is 5.27. The predicted octanol–water partition coefficient (Wildman–Crippen LogP) is 5.21. The topological polar surface area (TPSA) is 70.2 Å². The molecule has 0 unspecified atom stereocenters. The highest BCUT2D eigenvalue weighted by molar-refractivity contribution is 5.77. The van der Waals surface area contributed by atoms with Crippen LogP contribution in [0.25, 0.3) is 11.0 Å². The Balaban J connectivity index is 1.55. The Hall–Kier alpha value is -3.02. The number of amides is 2. The minimum atomic E-state index is -0.0679. The number of hydrogen-bond acceptors (Lipinski definition) is 3. The fourth-order valence-corrected chi connectivity index (χ4v) is 4.25. The summed E-state index contributed by atoms with van der Waals surface area (Å²) in [6, 6.07) is 15.8. The van der Waals surface area contributed by atoms with Gasteiger partial charge in [-0.3, -0.25) is 0 Å². The molecule has 0 spiro atoms. The molecule has 1 aromatic heterocycles. The number of likely N-dealkylation sites (tertiary alicyclic amines) is 1. The van der Waals surface area contributed by atoms with E-state index in [-0.39, 0.29) is 24.0 Å². The number of nitrogens with one attached hydrogen (secondary N) is 2. The molecule has 3 aromatic rings. The molecule has 158 valence electrons. The summed E-state index contributed by atoms with van der Waals surface area (Å²) in [5.41, 5.74) is 3.03. The van der Waals surface area contributed by atoms with Crippen LogP contribution in [0.1, 0.15) is 56.6 Å². The number of carbonyl (C=O) groups is 1. The Morgan fingerprint density at radius 3 is 2.63 bits per heavy atom. The van der Waals surface area contributed by atoms with E-state index in [1.165, 1.54) is 0 Å². The highest BCUT2D eigenvalue weighted by Crippen LogP contribution is 2.32. The second-order valence-electron chi connectivity index (χ2n) is 8.29. The van der Waals surface area contributed by atoms with Crippen LogP contribution in [0.2, 0.25) is 0 Å². The lowest BCUT2D eigenvalue weighted by atomic mass is 9.96. The molecule has 0 saturated carbocycles. The lowest BCUT2D eigenvalue weighted by Crippen LogP contribution is -2.46. The number of piperidine rings is 1.